The van der Waals surface area contributed by atoms with E-state index < -0.39 is 0 Å². The van der Waals surface area contributed by atoms with Crippen molar-refractivity contribution in [2.45, 2.75) is 5.41 Å². The van der Waals surface area contributed by atoms with Crippen molar-refractivity contribution in [2.24, 2.45) is 0 Å². The van der Waals surface area contributed by atoms with Gasteiger partial charge in [0.15, 0.2) is 0 Å². The standard InChI is InChI=1S/C24H14ClN/c25-15-9-10-18-19-11-12-26-14-23(19)24(22(18)13-15)20-7-3-1-5-16(20)17-6-2-4-8-21(17)24/h1-14H. The van der Waals surface area contributed by atoms with Crippen LogP contribution in [0.25, 0.3) is 22.3 Å². The number of hydrogen-bond acceptors (Lipinski definition) is 1. The Hall–Kier alpha value is -2.90. The minimum atomic E-state index is -0.336. The molecule has 2 aliphatic carbocycles. The Labute approximate surface area is 156 Å². The molecular weight excluding hydrogens is 338 g/mol. The molecule has 1 aromatic heterocycles. The summed E-state index contributed by atoms with van der Waals surface area (Å²) in [6.07, 6.45) is 3.91. The van der Waals surface area contributed by atoms with Crippen molar-refractivity contribution in [3.63, 3.8) is 0 Å². The van der Waals surface area contributed by atoms with E-state index in [0.29, 0.717) is 0 Å². The predicted octanol–water partition coefficient (Wildman–Crippen LogP) is 6.08. The molecule has 0 aliphatic heterocycles. The van der Waals surface area contributed by atoms with Crippen molar-refractivity contribution in [3.05, 3.63) is 112 Å². The molecule has 0 atom stereocenters. The van der Waals surface area contributed by atoms with E-state index in [2.05, 4.69) is 71.7 Å². The Morgan fingerprint density at radius 3 is 1.96 bits per heavy atom. The highest BCUT2D eigenvalue weighted by Crippen LogP contribution is 2.62. The largest absolute Gasteiger partial charge is 0.264 e. The van der Waals surface area contributed by atoms with E-state index in [4.69, 9.17) is 11.6 Å². The summed E-state index contributed by atoms with van der Waals surface area (Å²) in [5, 5.41) is 0.769. The second-order valence-corrected chi connectivity index (χ2v) is 7.39. The Balaban J connectivity index is 1.88. The van der Waals surface area contributed by atoms with Crippen LogP contribution in [0.3, 0.4) is 0 Å². The van der Waals surface area contributed by atoms with Crippen LogP contribution in [0.15, 0.2) is 85.2 Å². The van der Waals surface area contributed by atoms with Gasteiger partial charge in [0.05, 0.1) is 5.41 Å². The van der Waals surface area contributed by atoms with Crippen LogP contribution >= 0.6 is 11.6 Å². The lowest BCUT2D eigenvalue weighted by molar-refractivity contribution is 0.788. The van der Waals surface area contributed by atoms with Crippen molar-refractivity contribution in [2.75, 3.05) is 0 Å². The molecule has 1 nitrogen and oxygen atoms in total. The van der Waals surface area contributed by atoms with Crippen molar-refractivity contribution in [1.82, 2.24) is 4.98 Å². The fourth-order valence-corrected chi connectivity index (χ4v) is 5.12. The van der Waals surface area contributed by atoms with Crippen LogP contribution in [0.2, 0.25) is 5.02 Å². The van der Waals surface area contributed by atoms with Gasteiger partial charge in [0, 0.05) is 17.4 Å². The summed E-state index contributed by atoms with van der Waals surface area (Å²) >= 11 is 6.47. The number of halogens is 1. The average molecular weight is 352 g/mol. The first-order valence-corrected chi connectivity index (χ1v) is 9.14. The molecule has 26 heavy (non-hydrogen) atoms. The monoisotopic (exact) mass is 351 g/mol. The molecule has 0 fully saturated rings. The van der Waals surface area contributed by atoms with Crippen molar-refractivity contribution in [1.29, 1.82) is 0 Å². The quantitative estimate of drug-likeness (QED) is 0.323. The van der Waals surface area contributed by atoms with E-state index in [-0.39, 0.29) is 5.41 Å². The minimum absolute atomic E-state index is 0.336. The molecule has 6 rings (SSSR count). The Kier molecular flexibility index (Phi) is 2.66. The Bertz CT molecular complexity index is 1140. The van der Waals surface area contributed by atoms with Gasteiger partial charge in [0.25, 0.3) is 0 Å². The topological polar surface area (TPSA) is 12.9 Å². The van der Waals surface area contributed by atoms with Gasteiger partial charge in [-0.25, -0.2) is 0 Å². The van der Waals surface area contributed by atoms with Gasteiger partial charge in [-0.3, -0.25) is 4.98 Å². The van der Waals surface area contributed by atoms with Crippen LogP contribution in [0.1, 0.15) is 22.3 Å². The molecule has 2 aliphatic rings. The van der Waals surface area contributed by atoms with Crippen LogP contribution in [0.5, 0.6) is 0 Å². The lowest BCUT2D eigenvalue weighted by Gasteiger charge is -2.30. The number of benzene rings is 3. The van der Waals surface area contributed by atoms with Crippen LogP contribution in [-0.2, 0) is 5.41 Å². The molecule has 0 saturated carbocycles. The molecule has 0 bridgehead atoms. The fourth-order valence-electron chi connectivity index (χ4n) is 4.95. The summed E-state index contributed by atoms with van der Waals surface area (Å²) in [6.45, 7) is 0. The highest BCUT2D eigenvalue weighted by Gasteiger charge is 2.51. The van der Waals surface area contributed by atoms with Gasteiger partial charge in [0.2, 0.25) is 0 Å². The summed E-state index contributed by atoms with van der Waals surface area (Å²) in [4.78, 5) is 4.49. The summed E-state index contributed by atoms with van der Waals surface area (Å²) in [7, 11) is 0. The maximum atomic E-state index is 6.47. The summed E-state index contributed by atoms with van der Waals surface area (Å²) < 4.78 is 0. The molecular formula is C24H14ClN. The number of fused-ring (bicyclic) bond motifs is 10. The fraction of sp³-hybridized carbons (Fsp3) is 0.0417. The summed E-state index contributed by atoms with van der Waals surface area (Å²) in [6, 6.07) is 25.8. The SMILES string of the molecule is Clc1ccc2c(c1)C1(c3ccccc3-c3ccccc31)c1cnccc1-2. The van der Waals surface area contributed by atoms with E-state index in [1.54, 1.807) is 0 Å². The summed E-state index contributed by atoms with van der Waals surface area (Å²) in [5.74, 6) is 0. The van der Waals surface area contributed by atoms with Crippen molar-refractivity contribution < 1.29 is 0 Å². The molecule has 0 amide bonds. The predicted molar refractivity (Wildman–Crippen MR) is 106 cm³/mol. The number of rotatable bonds is 0. The number of nitrogens with zero attached hydrogens (tertiary/aromatic N) is 1. The van der Waals surface area contributed by atoms with Gasteiger partial charge in [0.1, 0.15) is 0 Å². The Morgan fingerprint density at radius 1 is 0.615 bits per heavy atom. The second-order valence-electron chi connectivity index (χ2n) is 6.95. The van der Waals surface area contributed by atoms with Crippen molar-refractivity contribution in [3.8, 4) is 22.3 Å². The molecule has 4 aromatic rings. The first-order valence-electron chi connectivity index (χ1n) is 8.76. The van der Waals surface area contributed by atoms with Gasteiger partial charge in [-0.2, -0.15) is 0 Å². The lowest BCUT2D eigenvalue weighted by atomic mass is 9.71. The average Bonchev–Trinajstić information content (AvgIpc) is 3.15. The summed E-state index contributed by atoms with van der Waals surface area (Å²) in [5.41, 5.74) is 9.89. The third-order valence-corrected chi connectivity index (χ3v) is 6.09. The van der Waals surface area contributed by atoms with Gasteiger partial charge in [-0.15, -0.1) is 0 Å². The molecule has 3 aromatic carbocycles. The maximum absolute atomic E-state index is 6.47. The van der Waals surface area contributed by atoms with E-state index in [0.717, 1.165) is 5.02 Å². The molecule has 0 radical (unpaired) electrons. The lowest BCUT2D eigenvalue weighted by Crippen LogP contribution is -2.25. The van der Waals surface area contributed by atoms with Gasteiger partial charge >= 0.3 is 0 Å². The van der Waals surface area contributed by atoms with Crippen molar-refractivity contribution >= 4 is 11.6 Å². The molecule has 2 heteroatoms. The maximum Gasteiger partial charge on any atom is 0.0741 e. The van der Waals surface area contributed by atoms with Gasteiger partial charge in [-0.1, -0.05) is 66.2 Å². The molecule has 0 N–H and O–H groups in total. The first-order chi connectivity index (χ1) is 12.8. The zero-order chi connectivity index (χ0) is 17.3. The van der Waals surface area contributed by atoms with Crippen LogP contribution in [0.4, 0.5) is 0 Å². The Morgan fingerprint density at radius 2 is 1.23 bits per heavy atom. The number of hydrogen-bond donors (Lipinski definition) is 0. The first kappa shape index (κ1) is 14.3. The molecule has 122 valence electrons. The van der Waals surface area contributed by atoms with E-state index in [1.165, 1.54) is 44.5 Å². The molecule has 0 unspecified atom stereocenters. The molecule has 1 heterocycles. The minimum Gasteiger partial charge on any atom is -0.264 e. The van der Waals surface area contributed by atoms with Crippen LogP contribution < -0.4 is 0 Å². The third kappa shape index (κ3) is 1.51. The van der Waals surface area contributed by atoms with Gasteiger partial charge in [-0.05, 0) is 62.7 Å². The van der Waals surface area contributed by atoms with E-state index >= 15 is 0 Å². The third-order valence-electron chi connectivity index (χ3n) is 5.85. The highest BCUT2D eigenvalue weighted by atomic mass is 35.5. The smallest absolute Gasteiger partial charge is 0.0741 e. The zero-order valence-corrected chi connectivity index (χ0v) is 14.7. The van der Waals surface area contributed by atoms with Gasteiger partial charge < -0.3 is 0 Å². The van der Waals surface area contributed by atoms with E-state index in [9.17, 15) is 0 Å². The highest BCUT2D eigenvalue weighted by molar-refractivity contribution is 6.30. The number of aromatic nitrogens is 1. The number of pyridine rings is 1. The zero-order valence-electron chi connectivity index (χ0n) is 13.9. The van der Waals surface area contributed by atoms with E-state index in [1.807, 2.05) is 18.5 Å². The molecule has 0 saturated heterocycles. The second kappa shape index (κ2) is 4.84. The molecule has 1 spiro atoms. The normalized spacial score (nSPS) is 14.7. The van der Waals surface area contributed by atoms with Crippen LogP contribution in [0, 0.1) is 0 Å². The van der Waals surface area contributed by atoms with Crippen LogP contribution in [-0.4, -0.2) is 4.98 Å².